The van der Waals surface area contributed by atoms with Crippen LogP contribution in [0.25, 0.3) is 0 Å². The van der Waals surface area contributed by atoms with E-state index in [0.29, 0.717) is 11.5 Å². The van der Waals surface area contributed by atoms with E-state index in [9.17, 15) is 8.42 Å². The zero-order valence-corrected chi connectivity index (χ0v) is 14.2. The summed E-state index contributed by atoms with van der Waals surface area (Å²) in [6.45, 7) is 0. The minimum atomic E-state index is -3.72. The summed E-state index contributed by atoms with van der Waals surface area (Å²) in [6, 6.07) is 2.85. The number of methoxy groups -OCH3 is 2. The van der Waals surface area contributed by atoms with Crippen LogP contribution in [-0.4, -0.2) is 34.7 Å². The van der Waals surface area contributed by atoms with Crippen LogP contribution in [0.4, 0.5) is 0 Å². The fourth-order valence-electron chi connectivity index (χ4n) is 2.56. The van der Waals surface area contributed by atoms with E-state index < -0.39 is 10.0 Å². The Bertz CT molecular complexity index is 628. The predicted molar refractivity (Wildman–Crippen MR) is 85.1 cm³/mol. The highest BCUT2D eigenvalue weighted by Gasteiger charge is 2.27. The van der Waals surface area contributed by atoms with Crippen LogP contribution < -0.4 is 19.9 Å². The van der Waals surface area contributed by atoms with Gasteiger partial charge in [0.25, 0.3) is 0 Å². The number of nitrogens with one attached hydrogen (secondary N) is 1. The van der Waals surface area contributed by atoms with Crippen LogP contribution in [-0.2, 0) is 10.0 Å². The summed E-state index contributed by atoms with van der Waals surface area (Å²) >= 11 is 6.09. The van der Waals surface area contributed by atoms with Crippen molar-refractivity contribution >= 4 is 21.6 Å². The van der Waals surface area contributed by atoms with Gasteiger partial charge in [-0.05, 0) is 25.7 Å². The van der Waals surface area contributed by atoms with Gasteiger partial charge in [0.1, 0.15) is 4.90 Å². The van der Waals surface area contributed by atoms with E-state index in [1.54, 1.807) is 0 Å². The Labute approximate surface area is 136 Å². The molecule has 8 heteroatoms. The Balaban J connectivity index is 2.25. The molecule has 0 saturated heterocycles. The van der Waals surface area contributed by atoms with E-state index in [2.05, 4.69) is 4.72 Å². The van der Waals surface area contributed by atoms with Gasteiger partial charge in [-0.1, -0.05) is 11.6 Å². The minimum Gasteiger partial charge on any atom is -0.493 e. The van der Waals surface area contributed by atoms with Crippen LogP contribution in [0.5, 0.6) is 11.5 Å². The highest BCUT2D eigenvalue weighted by Crippen LogP contribution is 2.35. The SMILES string of the molecule is COc1cc(Cl)c(S(=O)(=O)NC2CCC(N)CC2)cc1OC. The third-order valence-corrected chi connectivity index (χ3v) is 5.81. The number of hydrogen-bond acceptors (Lipinski definition) is 5. The second kappa shape index (κ2) is 7.04. The van der Waals surface area contributed by atoms with Crippen LogP contribution in [0.3, 0.4) is 0 Å². The van der Waals surface area contributed by atoms with Crippen LogP contribution in [0, 0.1) is 0 Å². The van der Waals surface area contributed by atoms with Crippen molar-refractivity contribution < 1.29 is 17.9 Å². The van der Waals surface area contributed by atoms with Gasteiger partial charge in [-0.3, -0.25) is 0 Å². The highest BCUT2D eigenvalue weighted by molar-refractivity contribution is 7.89. The Kier molecular flexibility index (Phi) is 5.55. The maximum Gasteiger partial charge on any atom is 0.242 e. The van der Waals surface area contributed by atoms with Crippen LogP contribution >= 0.6 is 11.6 Å². The molecule has 0 spiro atoms. The number of ether oxygens (including phenoxy) is 2. The first kappa shape index (κ1) is 17.3. The summed E-state index contributed by atoms with van der Waals surface area (Å²) in [5, 5.41) is 0.0951. The molecule has 22 heavy (non-hydrogen) atoms. The van der Waals surface area contributed by atoms with Gasteiger partial charge in [0.2, 0.25) is 10.0 Å². The largest absolute Gasteiger partial charge is 0.493 e. The van der Waals surface area contributed by atoms with E-state index in [1.165, 1.54) is 26.4 Å². The van der Waals surface area contributed by atoms with E-state index >= 15 is 0 Å². The molecule has 0 unspecified atom stereocenters. The van der Waals surface area contributed by atoms with Gasteiger partial charge in [0.05, 0.1) is 19.2 Å². The Morgan fingerprint density at radius 2 is 1.68 bits per heavy atom. The molecule has 0 bridgehead atoms. The molecule has 124 valence electrons. The van der Waals surface area contributed by atoms with Crippen LogP contribution in [0.15, 0.2) is 17.0 Å². The first-order valence-corrected chi connectivity index (χ1v) is 8.93. The lowest BCUT2D eigenvalue weighted by molar-refractivity contribution is 0.353. The summed E-state index contributed by atoms with van der Waals surface area (Å²) in [5.41, 5.74) is 5.84. The fourth-order valence-corrected chi connectivity index (χ4v) is 4.40. The third-order valence-electron chi connectivity index (χ3n) is 3.82. The second-order valence-electron chi connectivity index (χ2n) is 5.37. The van der Waals surface area contributed by atoms with E-state index in [0.717, 1.165) is 25.7 Å². The zero-order valence-electron chi connectivity index (χ0n) is 12.6. The third kappa shape index (κ3) is 3.84. The van der Waals surface area contributed by atoms with Crippen molar-refractivity contribution in [2.45, 2.75) is 42.7 Å². The monoisotopic (exact) mass is 348 g/mol. The maximum atomic E-state index is 12.5. The zero-order chi connectivity index (χ0) is 16.3. The lowest BCUT2D eigenvalue weighted by Crippen LogP contribution is -2.40. The number of rotatable bonds is 5. The van der Waals surface area contributed by atoms with Crippen molar-refractivity contribution in [3.05, 3.63) is 17.2 Å². The molecule has 6 nitrogen and oxygen atoms in total. The standard InChI is InChI=1S/C14H21ClN2O4S/c1-20-12-7-11(15)14(8-13(12)21-2)22(18,19)17-10-5-3-9(16)4-6-10/h7-10,17H,3-6,16H2,1-2H3. The van der Waals surface area contributed by atoms with Gasteiger partial charge in [-0.2, -0.15) is 0 Å². The van der Waals surface area contributed by atoms with Crippen molar-refractivity contribution in [3.63, 3.8) is 0 Å². The maximum absolute atomic E-state index is 12.5. The summed E-state index contributed by atoms with van der Waals surface area (Å²) in [4.78, 5) is -0.0123. The molecule has 2 rings (SSSR count). The summed E-state index contributed by atoms with van der Waals surface area (Å²) in [6.07, 6.45) is 3.08. The Morgan fingerprint density at radius 3 is 2.23 bits per heavy atom. The fraction of sp³-hybridized carbons (Fsp3) is 0.571. The average molecular weight is 349 g/mol. The second-order valence-corrected chi connectivity index (χ2v) is 7.46. The number of sulfonamides is 1. The number of nitrogens with two attached hydrogens (primary N) is 1. The van der Waals surface area contributed by atoms with Crippen molar-refractivity contribution in [2.24, 2.45) is 5.73 Å². The Hall–Kier alpha value is -1.02. The van der Waals surface area contributed by atoms with Gasteiger partial charge < -0.3 is 15.2 Å². The Morgan fingerprint density at radius 1 is 1.14 bits per heavy atom. The van der Waals surface area contributed by atoms with Crippen molar-refractivity contribution in [1.29, 1.82) is 0 Å². The van der Waals surface area contributed by atoms with Crippen molar-refractivity contribution in [1.82, 2.24) is 4.72 Å². The molecule has 0 amide bonds. The minimum absolute atomic E-state index is 0.0123. The highest BCUT2D eigenvalue weighted by atomic mass is 35.5. The molecular formula is C14H21ClN2O4S. The summed E-state index contributed by atoms with van der Waals surface area (Å²) in [5.74, 6) is 0.702. The lowest BCUT2D eigenvalue weighted by atomic mass is 9.93. The molecule has 0 atom stereocenters. The molecule has 0 aromatic heterocycles. The van der Waals surface area contributed by atoms with Crippen LogP contribution in [0.1, 0.15) is 25.7 Å². The average Bonchev–Trinajstić information content (AvgIpc) is 2.48. The smallest absolute Gasteiger partial charge is 0.242 e. The molecule has 1 saturated carbocycles. The molecule has 1 aliphatic carbocycles. The van der Waals surface area contributed by atoms with Gasteiger partial charge in [-0.25, -0.2) is 13.1 Å². The normalized spacial score (nSPS) is 22.4. The van der Waals surface area contributed by atoms with Gasteiger partial charge in [0.15, 0.2) is 11.5 Å². The molecule has 3 N–H and O–H groups in total. The van der Waals surface area contributed by atoms with Gasteiger partial charge >= 0.3 is 0 Å². The predicted octanol–water partition coefficient (Wildman–Crippen LogP) is 1.91. The molecule has 1 aromatic rings. The molecule has 0 heterocycles. The van der Waals surface area contributed by atoms with Crippen molar-refractivity contribution in [2.75, 3.05) is 14.2 Å². The molecule has 0 radical (unpaired) electrons. The quantitative estimate of drug-likeness (QED) is 0.848. The summed E-state index contributed by atoms with van der Waals surface area (Å²) in [7, 11) is -0.817. The molecule has 1 aliphatic rings. The lowest BCUT2D eigenvalue weighted by Gasteiger charge is -2.26. The number of halogens is 1. The molecule has 1 aromatic carbocycles. The summed E-state index contributed by atoms with van der Waals surface area (Å²) < 4.78 is 38.0. The first-order chi connectivity index (χ1) is 10.4. The number of benzene rings is 1. The molecule has 0 aliphatic heterocycles. The van der Waals surface area contributed by atoms with E-state index in [4.69, 9.17) is 26.8 Å². The molecule has 1 fully saturated rings. The number of hydrogen-bond donors (Lipinski definition) is 2. The van der Waals surface area contributed by atoms with Crippen molar-refractivity contribution in [3.8, 4) is 11.5 Å². The van der Waals surface area contributed by atoms with Gasteiger partial charge in [-0.15, -0.1) is 0 Å². The molecular weight excluding hydrogens is 328 g/mol. The van der Waals surface area contributed by atoms with E-state index in [1.807, 2.05) is 0 Å². The van der Waals surface area contributed by atoms with Crippen LogP contribution in [0.2, 0.25) is 5.02 Å². The first-order valence-electron chi connectivity index (χ1n) is 7.07. The topological polar surface area (TPSA) is 90.7 Å². The van der Waals surface area contributed by atoms with Gasteiger partial charge in [0, 0.05) is 24.2 Å². The van der Waals surface area contributed by atoms with E-state index in [-0.39, 0.29) is 22.0 Å².